The molecule has 2 atom stereocenters. The van der Waals surface area contributed by atoms with Gasteiger partial charge in [0.15, 0.2) is 0 Å². The molecule has 2 N–H and O–H groups in total. The molecule has 1 aromatic carbocycles. The molecule has 2 aromatic rings. The fourth-order valence-electron chi connectivity index (χ4n) is 3.29. The molecule has 0 radical (unpaired) electrons. The fraction of sp³-hybridized carbons (Fsp3) is 0.438. The maximum Gasteiger partial charge on any atom is 0.341 e. The van der Waals surface area contributed by atoms with Crippen LogP contribution in [0.1, 0.15) is 41.9 Å². The van der Waals surface area contributed by atoms with Gasteiger partial charge in [-0.05, 0) is 23.8 Å². The third-order valence-corrected chi connectivity index (χ3v) is 4.48. The van der Waals surface area contributed by atoms with E-state index in [0.717, 1.165) is 12.8 Å². The number of hydrogen-bond donors (Lipinski definition) is 2. The number of benzene rings is 1. The van der Waals surface area contributed by atoms with Crippen molar-refractivity contribution in [1.82, 2.24) is 20.1 Å². The Kier molecular flexibility index (Phi) is 4.09. The largest absolute Gasteiger partial charge is 0.341 e. The Hall–Kier alpha value is -2.37. The van der Waals surface area contributed by atoms with Gasteiger partial charge < -0.3 is 4.90 Å². The maximum atomic E-state index is 12.4. The summed E-state index contributed by atoms with van der Waals surface area (Å²) in [5, 5.41) is 5.97. The van der Waals surface area contributed by atoms with Gasteiger partial charge in [-0.2, -0.15) is 0 Å². The number of amides is 1. The van der Waals surface area contributed by atoms with Crippen molar-refractivity contribution >= 4 is 5.91 Å². The molecule has 3 rings (SSSR count). The predicted octanol–water partition coefficient (Wildman–Crippen LogP) is 1.75. The number of carbonyl (C=O) groups excluding carboxylic acids is 1. The normalized spacial score (nSPS) is 21.8. The van der Waals surface area contributed by atoms with Gasteiger partial charge in [-0.25, -0.2) is 9.89 Å². The predicted molar refractivity (Wildman–Crippen MR) is 82.7 cm³/mol. The van der Waals surface area contributed by atoms with Crippen LogP contribution in [0.4, 0.5) is 0 Å². The number of nitrogens with zero attached hydrogens (tertiary/aromatic N) is 2. The van der Waals surface area contributed by atoms with E-state index in [9.17, 15) is 9.59 Å². The Morgan fingerprint density at radius 3 is 2.77 bits per heavy atom. The monoisotopic (exact) mass is 300 g/mol. The summed E-state index contributed by atoms with van der Waals surface area (Å²) in [7, 11) is 0. The van der Waals surface area contributed by atoms with E-state index < -0.39 is 5.69 Å². The molecule has 1 aliphatic heterocycles. The van der Waals surface area contributed by atoms with Gasteiger partial charge in [0.1, 0.15) is 0 Å². The number of H-pyrrole nitrogens is 2. The SMILES string of the molecule is CC[C@H]1CN(C(=O)c2n[nH]c(=O)[nH]2)CC[C@H]1c1ccccc1. The highest BCUT2D eigenvalue weighted by atomic mass is 16.2. The lowest BCUT2D eigenvalue weighted by Crippen LogP contribution is -2.43. The van der Waals surface area contributed by atoms with E-state index >= 15 is 0 Å². The molecule has 116 valence electrons. The molecular formula is C16H20N4O2. The van der Waals surface area contributed by atoms with Crippen LogP contribution in [0.2, 0.25) is 0 Å². The number of nitrogens with one attached hydrogen (secondary N) is 2. The number of hydrogen-bond acceptors (Lipinski definition) is 3. The zero-order valence-electron chi connectivity index (χ0n) is 12.6. The van der Waals surface area contributed by atoms with Gasteiger partial charge in [0.05, 0.1) is 0 Å². The van der Waals surface area contributed by atoms with Crippen LogP contribution in [0.5, 0.6) is 0 Å². The molecule has 0 saturated carbocycles. The molecule has 0 spiro atoms. The summed E-state index contributed by atoms with van der Waals surface area (Å²) in [6.07, 6.45) is 1.95. The van der Waals surface area contributed by atoms with Gasteiger partial charge >= 0.3 is 5.69 Å². The van der Waals surface area contributed by atoms with Crippen molar-refractivity contribution in [3.05, 3.63) is 52.2 Å². The highest BCUT2D eigenvalue weighted by molar-refractivity contribution is 5.90. The van der Waals surface area contributed by atoms with Gasteiger partial charge in [-0.3, -0.25) is 9.78 Å². The van der Waals surface area contributed by atoms with E-state index in [1.807, 2.05) is 6.07 Å². The number of carbonyl (C=O) groups is 1. The quantitative estimate of drug-likeness (QED) is 0.906. The first-order valence-electron chi connectivity index (χ1n) is 7.68. The molecule has 2 heterocycles. The lowest BCUT2D eigenvalue weighted by molar-refractivity contribution is 0.0633. The van der Waals surface area contributed by atoms with Crippen LogP contribution in [0.25, 0.3) is 0 Å². The molecule has 1 amide bonds. The van der Waals surface area contributed by atoms with E-state index in [-0.39, 0.29) is 11.7 Å². The summed E-state index contributed by atoms with van der Waals surface area (Å²) in [5.74, 6) is 0.792. The van der Waals surface area contributed by atoms with Crippen molar-refractivity contribution in [2.75, 3.05) is 13.1 Å². The van der Waals surface area contributed by atoms with Crippen LogP contribution in [0.3, 0.4) is 0 Å². The molecule has 1 aromatic heterocycles. The smallest absolute Gasteiger partial charge is 0.336 e. The summed E-state index contributed by atoms with van der Waals surface area (Å²) >= 11 is 0. The second-order valence-corrected chi connectivity index (χ2v) is 5.75. The van der Waals surface area contributed by atoms with Gasteiger partial charge in [0, 0.05) is 13.1 Å². The second-order valence-electron chi connectivity index (χ2n) is 5.75. The highest BCUT2D eigenvalue weighted by Crippen LogP contribution is 2.35. The van der Waals surface area contributed by atoms with Gasteiger partial charge in [0.2, 0.25) is 5.82 Å². The molecular weight excluding hydrogens is 280 g/mol. The summed E-state index contributed by atoms with van der Waals surface area (Å²) in [6.45, 7) is 3.54. The summed E-state index contributed by atoms with van der Waals surface area (Å²) < 4.78 is 0. The van der Waals surface area contributed by atoms with Gasteiger partial charge in [-0.1, -0.05) is 43.7 Å². The molecule has 1 aliphatic rings. The first-order valence-corrected chi connectivity index (χ1v) is 7.68. The average molecular weight is 300 g/mol. The standard InChI is InChI=1S/C16H20N4O2/c1-2-11-10-20(15(21)14-17-16(22)19-18-14)9-8-13(11)12-6-4-3-5-7-12/h3-7,11,13H,2,8-10H2,1H3,(H2,17,18,19,22)/t11-,13+/m0/s1. The van der Waals surface area contributed by atoms with Crippen molar-refractivity contribution in [1.29, 1.82) is 0 Å². The maximum absolute atomic E-state index is 12.4. The van der Waals surface area contributed by atoms with E-state index in [0.29, 0.717) is 24.9 Å². The van der Waals surface area contributed by atoms with E-state index in [1.54, 1.807) is 4.90 Å². The minimum absolute atomic E-state index is 0.0954. The molecule has 1 fully saturated rings. The zero-order chi connectivity index (χ0) is 15.5. The van der Waals surface area contributed by atoms with Gasteiger partial charge in [0.25, 0.3) is 5.91 Å². The molecule has 0 aliphatic carbocycles. The third kappa shape index (κ3) is 2.81. The van der Waals surface area contributed by atoms with Crippen LogP contribution >= 0.6 is 0 Å². The molecule has 0 unspecified atom stereocenters. The molecule has 1 saturated heterocycles. The first kappa shape index (κ1) is 14.6. The summed E-state index contributed by atoms with van der Waals surface area (Å²) in [5.41, 5.74) is 0.893. The van der Waals surface area contributed by atoms with Crippen LogP contribution in [0.15, 0.2) is 35.1 Å². The first-order chi connectivity index (χ1) is 10.7. The topological polar surface area (TPSA) is 81.8 Å². The van der Waals surface area contributed by atoms with Crippen LogP contribution in [0, 0.1) is 5.92 Å². The van der Waals surface area contributed by atoms with E-state index in [4.69, 9.17) is 0 Å². The third-order valence-electron chi connectivity index (χ3n) is 4.48. The van der Waals surface area contributed by atoms with Crippen molar-refractivity contribution in [3.63, 3.8) is 0 Å². The molecule has 6 nitrogen and oxygen atoms in total. The number of piperidine rings is 1. The van der Waals surface area contributed by atoms with E-state index in [2.05, 4.69) is 46.4 Å². The van der Waals surface area contributed by atoms with Crippen molar-refractivity contribution in [2.45, 2.75) is 25.7 Å². The Morgan fingerprint density at radius 2 is 2.14 bits per heavy atom. The summed E-state index contributed by atoms with van der Waals surface area (Å²) in [4.78, 5) is 27.7. The molecule has 0 bridgehead atoms. The van der Waals surface area contributed by atoms with Crippen LogP contribution in [-0.4, -0.2) is 39.1 Å². The Morgan fingerprint density at radius 1 is 1.36 bits per heavy atom. The average Bonchev–Trinajstić information content (AvgIpc) is 3.01. The highest BCUT2D eigenvalue weighted by Gasteiger charge is 2.32. The minimum Gasteiger partial charge on any atom is -0.336 e. The fourth-order valence-corrected chi connectivity index (χ4v) is 3.29. The number of aromatic nitrogens is 3. The number of aromatic amines is 2. The minimum atomic E-state index is -0.449. The Labute approximate surface area is 128 Å². The van der Waals surface area contributed by atoms with Gasteiger partial charge in [-0.15, -0.1) is 5.10 Å². The van der Waals surface area contributed by atoms with Crippen LogP contribution in [-0.2, 0) is 0 Å². The van der Waals surface area contributed by atoms with Crippen molar-refractivity contribution < 1.29 is 4.79 Å². The summed E-state index contributed by atoms with van der Waals surface area (Å²) in [6, 6.07) is 10.5. The molecule has 6 heteroatoms. The van der Waals surface area contributed by atoms with Crippen molar-refractivity contribution in [3.8, 4) is 0 Å². The number of rotatable bonds is 3. The lowest BCUT2D eigenvalue weighted by Gasteiger charge is -2.38. The second kappa shape index (κ2) is 6.17. The Balaban J connectivity index is 1.75. The lowest BCUT2D eigenvalue weighted by atomic mass is 9.79. The van der Waals surface area contributed by atoms with Crippen LogP contribution < -0.4 is 5.69 Å². The van der Waals surface area contributed by atoms with Crippen molar-refractivity contribution in [2.24, 2.45) is 5.92 Å². The number of likely N-dealkylation sites (tertiary alicyclic amines) is 1. The zero-order valence-corrected chi connectivity index (χ0v) is 12.6. The van der Waals surface area contributed by atoms with E-state index in [1.165, 1.54) is 5.56 Å². The molecule has 22 heavy (non-hydrogen) atoms. The Bertz CT molecular complexity index is 691.